The van der Waals surface area contributed by atoms with E-state index < -0.39 is 28.5 Å². The topological polar surface area (TPSA) is 96.0 Å². The van der Waals surface area contributed by atoms with E-state index in [1.165, 1.54) is 24.1 Å². The Balaban J connectivity index is 1.85. The molecule has 0 saturated carbocycles. The molecule has 0 spiro atoms. The van der Waals surface area contributed by atoms with E-state index in [9.17, 15) is 18.0 Å². The highest BCUT2D eigenvalue weighted by Crippen LogP contribution is 2.34. The first-order chi connectivity index (χ1) is 22.0. The average Bonchev–Trinajstić information content (AvgIpc) is 3.05. The normalized spacial score (nSPS) is 12.0. The molecule has 0 bridgehead atoms. The van der Waals surface area contributed by atoms with Gasteiger partial charge in [0.25, 0.3) is 10.0 Å². The standard InChI is InChI=1S/C37H43N3O5S/c1-27(2)24-38-37(42)34(23-30-15-8-6-9-16-30)39(25-31-17-13-12-14-29(31)4)36(41)26-40(33-22-28(3)20-21-35(33)45-5)46(43,44)32-18-10-7-11-19-32/h6-22,27,34H,23-26H2,1-5H3,(H,38,42). The van der Waals surface area contributed by atoms with Gasteiger partial charge < -0.3 is 15.0 Å². The predicted molar refractivity (Wildman–Crippen MR) is 182 cm³/mol. The molecule has 2 amide bonds. The Labute approximate surface area is 273 Å². The SMILES string of the molecule is COc1ccc(C)cc1N(CC(=O)N(Cc1ccccc1C)C(Cc1ccccc1)C(=O)NCC(C)C)S(=O)(=O)c1ccccc1. The third kappa shape index (κ3) is 8.54. The van der Waals surface area contributed by atoms with Crippen LogP contribution in [0.25, 0.3) is 0 Å². The Morgan fingerprint density at radius 2 is 1.48 bits per heavy atom. The summed E-state index contributed by atoms with van der Waals surface area (Å²) in [4.78, 5) is 30.2. The van der Waals surface area contributed by atoms with Crippen LogP contribution in [0.4, 0.5) is 5.69 Å². The second-order valence-electron chi connectivity index (χ2n) is 11.8. The van der Waals surface area contributed by atoms with E-state index in [4.69, 9.17) is 4.74 Å². The van der Waals surface area contributed by atoms with E-state index in [1.807, 2.05) is 88.4 Å². The third-order valence-corrected chi connectivity index (χ3v) is 9.54. The molecule has 46 heavy (non-hydrogen) atoms. The van der Waals surface area contributed by atoms with Crippen molar-refractivity contribution in [2.45, 2.75) is 51.6 Å². The van der Waals surface area contributed by atoms with Crippen molar-refractivity contribution in [3.8, 4) is 5.75 Å². The molecule has 0 aliphatic carbocycles. The van der Waals surface area contributed by atoms with E-state index >= 15 is 0 Å². The maximum absolute atomic E-state index is 14.7. The minimum atomic E-state index is -4.23. The fourth-order valence-electron chi connectivity index (χ4n) is 5.18. The quantitative estimate of drug-likeness (QED) is 0.185. The number of anilines is 1. The first-order valence-electron chi connectivity index (χ1n) is 15.4. The second-order valence-corrected chi connectivity index (χ2v) is 13.7. The van der Waals surface area contributed by atoms with E-state index in [-0.39, 0.29) is 35.4 Å². The summed E-state index contributed by atoms with van der Waals surface area (Å²) < 4.78 is 35.2. The minimum absolute atomic E-state index is 0.0346. The van der Waals surface area contributed by atoms with Crippen molar-refractivity contribution in [2.75, 3.05) is 24.5 Å². The van der Waals surface area contributed by atoms with E-state index in [2.05, 4.69) is 5.32 Å². The van der Waals surface area contributed by atoms with Gasteiger partial charge in [-0.3, -0.25) is 13.9 Å². The molecule has 8 nitrogen and oxygen atoms in total. The van der Waals surface area contributed by atoms with Gasteiger partial charge in [-0.15, -0.1) is 0 Å². The van der Waals surface area contributed by atoms with Crippen LogP contribution in [0.2, 0.25) is 0 Å². The molecule has 0 radical (unpaired) electrons. The number of benzene rings is 4. The van der Waals surface area contributed by atoms with Crippen LogP contribution < -0.4 is 14.4 Å². The predicted octanol–water partition coefficient (Wildman–Crippen LogP) is 5.92. The Kier molecular flexibility index (Phi) is 11.6. The molecular formula is C37H43N3O5S. The molecule has 0 aliphatic rings. The summed E-state index contributed by atoms with van der Waals surface area (Å²) in [6.07, 6.45) is 0.252. The molecule has 0 aliphatic heterocycles. The summed E-state index contributed by atoms with van der Waals surface area (Å²) in [7, 11) is -2.77. The number of hydrogen-bond acceptors (Lipinski definition) is 5. The molecule has 1 unspecified atom stereocenters. The van der Waals surface area contributed by atoms with Crippen LogP contribution in [0, 0.1) is 19.8 Å². The number of methoxy groups -OCH3 is 1. The van der Waals surface area contributed by atoms with Crippen LogP contribution in [-0.4, -0.2) is 51.4 Å². The average molecular weight is 642 g/mol. The monoisotopic (exact) mass is 641 g/mol. The van der Waals surface area contributed by atoms with Crippen molar-refractivity contribution in [3.05, 3.63) is 125 Å². The first-order valence-corrected chi connectivity index (χ1v) is 16.8. The highest BCUT2D eigenvalue weighted by Gasteiger charge is 2.35. The molecule has 4 aromatic rings. The van der Waals surface area contributed by atoms with E-state index in [1.54, 1.807) is 30.3 Å². The smallest absolute Gasteiger partial charge is 0.264 e. The van der Waals surface area contributed by atoms with Crippen LogP contribution in [0.5, 0.6) is 5.75 Å². The van der Waals surface area contributed by atoms with Crippen LogP contribution in [-0.2, 0) is 32.6 Å². The summed E-state index contributed by atoms with van der Waals surface area (Å²) in [6, 6.07) is 29.5. The highest BCUT2D eigenvalue weighted by atomic mass is 32.2. The lowest BCUT2D eigenvalue weighted by atomic mass is 10.0. The Bertz CT molecular complexity index is 1730. The van der Waals surface area contributed by atoms with Crippen molar-refractivity contribution < 1.29 is 22.7 Å². The Morgan fingerprint density at radius 1 is 0.848 bits per heavy atom. The number of carbonyl (C=O) groups excluding carboxylic acids is 2. The van der Waals surface area contributed by atoms with E-state index in [0.717, 1.165) is 26.6 Å². The summed E-state index contributed by atoms with van der Waals surface area (Å²) >= 11 is 0. The van der Waals surface area contributed by atoms with Crippen molar-refractivity contribution >= 4 is 27.5 Å². The molecule has 0 fully saturated rings. The van der Waals surface area contributed by atoms with Crippen molar-refractivity contribution in [3.63, 3.8) is 0 Å². The third-order valence-electron chi connectivity index (χ3n) is 7.77. The number of carbonyl (C=O) groups is 2. The lowest BCUT2D eigenvalue weighted by Crippen LogP contribution is -2.53. The summed E-state index contributed by atoms with van der Waals surface area (Å²) in [6.45, 7) is 7.80. The zero-order chi connectivity index (χ0) is 33.3. The molecule has 4 aromatic carbocycles. The summed E-state index contributed by atoms with van der Waals surface area (Å²) in [5.41, 5.74) is 3.72. The molecule has 9 heteroatoms. The van der Waals surface area contributed by atoms with Gasteiger partial charge in [0.1, 0.15) is 18.3 Å². The number of hydrogen-bond donors (Lipinski definition) is 1. The van der Waals surface area contributed by atoms with Gasteiger partial charge in [0.2, 0.25) is 11.8 Å². The molecule has 0 aromatic heterocycles. The first kappa shape index (κ1) is 34.2. The van der Waals surface area contributed by atoms with Gasteiger partial charge in [-0.1, -0.05) is 92.7 Å². The number of sulfonamides is 1. The highest BCUT2D eigenvalue weighted by molar-refractivity contribution is 7.92. The fraction of sp³-hybridized carbons (Fsp3) is 0.297. The van der Waals surface area contributed by atoms with Gasteiger partial charge in [-0.2, -0.15) is 0 Å². The number of rotatable bonds is 14. The number of aryl methyl sites for hydroxylation is 2. The Morgan fingerprint density at radius 3 is 2.11 bits per heavy atom. The number of nitrogens with zero attached hydrogens (tertiary/aromatic N) is 2. The Hall–Kier alpha value is -4.63. The number of amides is 2. The van der Waals surface area contributed by atoms with Crippen LogP contribution >= 0.6 is 0 Å². The van der Waals surface area contributed by atoms with E-state index in [0.29, 0.717) is 12.3 Å². The van der Waals surface area contributed by atoms with Crippen LogP contribution in [0.15, 0.2) is 108 Å². The summed E-state index contributed by atoms with van der Waals surface area (Å²) in [5, 5.41) is 3.02. The molecule has 0 heterocycles. The maximum atomic E-state index is 14.7. The largest absolute Gasteiger partial charge is 0.495 e. The molecule has 1 N–H and O–H groups in total. The minimum Gasteiger partial charge on any atom is -0.495 e. The van der Waals surface area contributed by atoms with Gasteiger partial charge in [0.05, 0.1) is 17.7 Å². The zero-order valence-corrected chi connectivity index (χ0v) is 28.0. The van der Waals surface area contributed by atoms with Crippen molar-refractivity contribution in [1.29, 1.82) is 0 Å². The molecule has 242 valence electrons. The van der Waals surface area contributed by atoms with Gasteiger partial charge in [-0.25, -0.2) is 8.42 Å². The molecule has 1 atom stereocenters. The maximum Gasteiger partial charge on any atom is 0.264 e. The van der Waals surface area contributed by atoms with Crippen LogP contribution in [0.1, 0.15) is 36.1 Å². The van der Waals surface area contributed by atoms with Gasteiger partial charge in [-0.05, 0) is 66.3 Å². The number of nitrogens with one attached hydrogen (secondary N) is 1. The van der Waals surface area contributed by atoms with Crippen LogP contribution in [0.3, 0.4) is 0 Å². The second kappa shape index (κ2) is 15.6. The molecular weight excluding hydrogens is 598 g/mol. The van der Waals surface area contributed by atoms with Gasteiger partial charge >= 0.3 is 0 Å². The van der Waals surface area contributed by atoms with Gasteiger partial charge in [0, 0.05) is 19.5 Å². The summed E-state index contributed by atoms with van der Waals surface area (Å²) in [5.74, 6) is -0.321. The lowest BCUT2D eigenvalue weighted by Gasteiger charge is -2.34. The number of ether oxygens (including phenoxy) is 1. The lowest BCUT2D eigenvalue weighted by molar-refractivity contribution is -0.140. The van der Waals surface area contributed by atoms with Gasteiger partial charge in [0.15, 0.2) is 0 Å². The van der Waals surface area contributed by atoms with Crippen molar-refractivity contribution in [2.24, 2.45) is 5.92 Å². The molecule has 0 saturated heterocycles. The fourth-order valence-corrected chi connectivity index (χ4v) is 6.61. The van der Waals surface area contributed by atoms with Crippen molar-refractivity contribution in [1.82, 2.24) is 10.2 Å². The molecule has 4 rings (SSSR count). The zero-order valence-electron chi connectivity index (χ0n) is 27.1.